The lowest BCUT2D eigenvalue weighted by atomic mass is 10.3. The Hall–Kier alpha value is -0.610. The quantitative estimate of drug-likeness (QED) is 0.357. The summed E-state index contributed by atoms with van der Waals surface area (Å²) in [4.78, 5) is 9.81. The lowest BCUT2D eigenvalue weighted by Gasteiger charge is -2.25. The Morgan fingerprint density at radius 1 is 1.57 bits per heavy atom. The molecular formula is C3H4O4. The summed E-state index contributed by atoms with van der Waals surface area (Å²) in [6.07, 6.45) is -2.59. The lowest BCUT2D eigenvalue weighted by Crippen LogP contribution is -2.49. The van der Waals surface area contributed by atoms with Crippen molar-refractivity contribution in [1.82, 2.24) is 0 Å². The van der Waals surface area contributed by atoms with Gasteiger partial charge in [0.15, 0.2) is 0 Å². The zero-order valence-electron chi connectivity index (χ0n) is 3.37. The van der Waals surface area contributed by atoms with Crippen LogP contribution in [0.2, 0.25) is 0 Å². The number of hydrogen-bond donors (Lipinski definition) is 2. The van der Waals surface area contributed by atoms with Crippen LogP contribution in [0.15, 0.2) is 0 Å². The number of aliphatic hydroxyl groups is 2. The van der Waals surface area contributed by atoms with E-state index in [-0.39, 0.29) is 0 Å². The summed E-state index contributed by atoms with van der Waals surface area (Å²) in [5, 5.41) is 16.5. The van der Waals surface area contributed by atoms with Gasteiger partial charge in [-0.1, -0.05) is 0 Å². The van der Waals surface area contributed by atoms with Gasteiger partial charge >= 0.3 is 5.97 Å². The molecule has 0 aromatic heterocycles. The smallest absolute Gasteiger partial charge is 0.344 e. The van der Waals surface area contributed by atoms with E-state index in [1.54, 1.807) is 0 Å². The van der Waals surface area contributed by atoms with Crippen LogP contribution < -0.4 is 0 Å². The molecule has 4 nitrogen and oxygen atoms in total. The minimum Gasteiger partial charge on any atom is -0.430 e. The van der Waals surface area contributed by atoms with Crippen LogP contribution in [0.4, 0.5) is 0 Å². The van der Waals surface area contributed by atoms with E-state index < -0.39 is 18.4 Å². The van der Waals surface area contributed by atoms with Crippen molar-refractivity contribution in [2.45, 2.75) is 12.4 Å². The second-order valence-corrected chi connectivity index (χ2v) is 1.27. The van der Waals surface area contributed by atoms with Gasteiger partial charge in [-0.2, -0.15) is 0 Å². The fourth-order valence-electron chi connectivity index (χ4n) is 0.297. The van der Waals surface area contributed by atoms with E-state index in [9.17, 15) is 4.79 Å². The molecule has 0 spiro atoms. The van der Waals surface area contributed by atoms with Gasteiger partial charge in [-0.15, -0.1) is 0 Å². The van der Waals surface area contributed by atoms with Crippen molar-refractivity contribution in [2.24, 2.45) is 0 Å². The molecule has 0 bridgehead atoms. The summed E-state index contributed by atoms with van der Waals surface area (Å²) in [6, 6.07) is 0. The molecule has 0 saturated carbocycles. The summed E-state index contributed by atoms with van der Waals surface area (Å²) in [6.45, 7) is 0. The van der Waals surface area contributed by atoms with Crippen LogP contribution in [0.5, 0.6) is 0 Å². The molecule has 0 aromatic rings. The Balaban J connectivity index is 2.43. The van der Waals surface area contributed by atoms with Crippen LogP contribution in [-0.4, -0.2) is 28.6 Å². The van der Waals surface area contributed by atoms with E-state index >= 15 is 0 Å². The highest BCUT2D eigenvalue weighted by Crippen LogP contribution is 2.09. The number of carbonyl (C=O) groups excluding carboxylic acids is 1. The highest BCUT2D eigenvalue weighted by atomic mass is 16.7. The third-order valence-electron chi connectivity index (χ3n) is 0.748. The average molecular weight is 104 g/mol. The van der Waals surface area contributed by atoms with Gasteiger partial charge in [-0.25, -0.2) is 4.79 Å². The van der Waals surface area contributed by atoms with Gasteiger partial charge in [-0.05, 0) is 0 Å². The van der Waals surface area contributed by atoms with Gasteiger partial charge in [0, 0.05) is 0 Å². The molecule has 2 atom stereocenters. The van der Waals surface area contributed by atoms with Crippen molar-refractivity contribution in [3.63, 3.8) is 0 Å². The minimum absolute atomic E-state index is 0.757. The third-order valence-corrected chi connectivity index (χ3v) is 0.748. The van der Waals surface area contributed by atoms with Crippen LogP contribution in [0.3, 0.4) is 0 Å². The van der Waals surface area contributed by atoms with Crippen LogP contribution in [-0.2, 0) is 9.53 Å². The maximum atomic E-state index is 9.81. The number of rotatable bonds is 0. The van der Waals surface area contributed by atoms with Gasteiger partial charge in [0.05, 0.1) is 0 Å². The summed E-state index contributed by atoms with van der Waals surface area (Å²) < 4.78 is 3.92. The minimum atomic E-state index is -1.31. The second-order valence-electron chi connectivity index (χ2n) is 1.27. The Bertz CT molecular complexity index is 99.1. The van der Waals surface area contributed by atoms with Gasteiger partial charge < -0.3 is 14.9 Å². The second kappa shape index (κ2) is 1.18. The molecule has 1 aliphatic heterocycles. The SMILES string of the molecule is O=C1OC(O)C1O. The molecule has 2 N–H and O–H groups in total. The van der Waals surface area contributed by atoms with Crippen molar-refractivity contribution < 1.29 is 19.7 Å². The number of cyclic esters (lactones) is 1. The molecule has 1 saturated heterocycles. The Kier molecular flexibility index (Phi) is 0.765. The summed E-state index contributed by atoms with van der Waals surface area (Å²) in [5.41, 5.74) is 0. The van der Waals surface area contributed by atoms with Crippen molar-refractivity contribution in [1.29, 1.82) is 0 Å². The molecule has 0 aromatic carbocycles. The van der Waals surface area contributed by atoms with Crippen LogP contribution >= 0.6 is 0 Å². The van der Waals surface area contributed by atoms with E-state index in [0.717, 1.165) is 0 Å². The van der Waals surface area contributed by atoms with Crippen LogP contribution in [0.25, 0.3) is 0 Å². The normalized spacial score (nSPS) is 39.4. The molecule has 1 heterocycles. The lowest BCUT2D eigenvalue weighted by molar-refractivity contribution is -0.242. The van der Waals surface area contributed by atoms with Gasteiger partial charge in [0.25, 0.3) is 0 Å². The first-order valence-electron chi connectivity index (χ1n) is 1.78. The average Bonchev–Trinajstić information content (AvgIpc) is 1.68. The van der Waals surface area contributed by atoms with Crippen molar-refractivity contribution >= 4 is 5.97 Å². The molecule has 0 amide bonds. The maximum Gasteiger partial charge on any atom is 0.344 e. The highest BCUT2D eigenvalue weighted by molar-refractivity contribution is 5.79. The molecular weight excluding hydrogens is 100 g/mol. The van der Waals surface area contributed by atoms with Crippen molar-refractivity contribution in [3.8, 4) is 0 Å². The van der Waals surface area contributed by atoms with E-state index in [1.807, 2.05) is 0 Å². The van der Waals surface area contributed by atoms with E-state index in [0.29, 0.717) is 0 Å². The Morgan fingerprint density at radius 3 is 2.14 bits per heavy atom. The zero-order chi connectivity index (χ0) is 5.44. The standard InChI is InChI=1S/C3H4O4/c4-1-2(5)7-3(1)6/h1-2,4-5H. The molecule has 1 aliphatic rings. The van der Waals surface area contributed by atoms with Crippen molar-refractivity contribution in [3.05, 3.63) is 0 Å². The predicted molar refractivity (Wildman–Crippen MR) is 18.1 cm³/mol. The Labute approximate surface area is 39.3 Å². The molecule has 1 fully saturated rings. The molecule has 40 valence electrons. The summed E-state index contributed by atoms with van der Waals surface area (Å²) in [7, 11) is 0. The van der Waals surface area contributed by atoms with E-state index in [1.165, 1.54) is 0 Å². The molecule has 4 heteroatoms. The molecule has 1 rings (SSSR count). The topological polar surface area (TPSA) is 66.8 Å². The van der Waals surface area contributed by atoms with E-state index in [4.69, 9.17) is 10.2 Å². The predicted octanol–water partition coefficient (Wildman–Crippen LogP) is -1.78. The van der Waals surface area contributed by atoms with Crippen molar-refractivity contribution in [2.75, 3.05) is 0 Å². The molecule has 2 unspecified atom stereocenters. The maximum absolute atomic E-state index is 9.81. The van der Waals surface area contributed by atoms with E-state index in [2.05, 4.69) is 4.74 Å². The zero-order valence-corrected chi connectivity index (χ0v) is 3.37. The monoisotopic (exact) mass is 104 g/mol. The van der Waals surface area contributed by atoms with Gasteiger partial charge in [0.1, 0.15) is 0 Å². The van der Waals surface area contributed by atoms with Crippen LogP contribution in [0.1, 0.15) is 0 Å². The first-order valence-corrected chi connectivity index (χ1v) is 1.78. The van der Waals surface area contributed by atoms with Crippen LogP contribution in [0, 0.1) is 0 Å². The summed E-state index contributed by atoms with van der Waals surface area (Å²) >= 11 is 0. The molecule has 0 aliphatic carbocycles. The fraction of sp³-hybridized carbons (Fsp3) is 0.667. The van der Waals surface area contributed by atoms with Gasteiger partial charge in [0.2, 0.25) is 12.4 Å². The number of aliphatic hydroxyl groups excluding tert-OH is 2. The number of carbonyl (C=O) groups is 1. The number of hydrogen-bond acceptors (Lipinski definition) is 4. The summed E-state index contributed by atoms with van der Waals surface area (Å²) in [5.74, 6) is -0.757. The largest absolute Gasteiger partial charge is 0.430 e. The molecule has 7 heavy (non-hydrogen) atoms. The third kappa shape index (κ3) is 0.477. The first-order chi connectivity index (χ1) is 3.22. The fourth-order valence-corrected chi connectivity index (χ4v) is 0.297. The highest BCUT2D eigenvalue weighted by Gasteiger charge is 2.39. The number of ether oxygens (including phenoxy) is 1. The molecule has 0 radical (unpaired) electrons. The van der Waals surface area contributed by atoms with Gasteiger partial charge in [-0.3, -0.25) is 0 Å². The number of esters is 1. The first kappa shape index (κ1) is 4.55. The Morgan fingerprint density at radius 2 is 2.14 bits per heavy atom.